The number of amides is 2. The molecule has 0 bridgehead atoms. The van der Waals surface area contributed by atoms with Crippen LogP contribution in [-0.2, 0) is 4.79 Å². The fourth-order valence-electron chi connectivity index (χ4n) is 3.75. The van der Waals surface area contributed by atoms with Crippen LogP contribution in [0.4, 0.5) is 5.69 Å². The number of nitrogens with zero attached hydrogens (tertiary/aromatic N) is 1. The molecule has 2 amide bonds. The lowest BCUT2D eigenvalue weighted by Gasteiger charge is -2.26. The molecule has 0 radical (unpaired) electrons. The van der Waals surface area contributed by atoms with Gasteiger partial charge in [-0.25, -0.2) is 0 Å². The van der Waals surface area contributed by atoms with E-state index in [1.807, 2.05) is 41.8 Å². The highest BCUT2D eigenvalue weighted by molar-refractivity contribution is 7.99. The second kappa shape index (κ2) is 10.2. The van der Waals surface area contributed by atoms with E-state index in [0.717, 1.165) is 35.7 Å². The average Bonchev–Trinajstić information content (AvgIpc) is 2.75. The number of anilines is 1. The predicted molar refractivity (Wildman–Crippen MR) is 128 cm³/mol. The van der Waals surface area contributed by atoms with Crippen molar-refractivity contribution in [2.24, 2.45) is 0 Å². The van der Waals surface area contributed by atoms with Crippen LogP contribution >= 0.6 is 11.8 Å². The van der Waals surface area contributed by atoms with Crippen LogP contribution < -0.4 is 10.1 Å². The van der Waals surface area contributed by atoms with Gasteiger partial charge in [-0.1, -0.05) is 19.9 Å². The summed E-state index contributed by atoms with van der Waals surface area (Å²) in [7, 11) is 0. The Kier molecular flexibility index (Phi) is 7.65. The molecule has 2 aromatic rings. The van der Waals surface area contributed by atoms with Gasteiger partial charge in [0.05, 0.1) is 0 Å². The summed E-state index contributed by atoms with van der Waals surface area (Å²) in [5, 5.41) is 2.93. The van der Waals surface area contributed by atoms with Gasteiger partial charge in [0.2, 0.25) is 0 Å². The molecule has 2 aromatic carbocycles. The lowest BCUT2D eigenvalue weighted by molar-refractivity contribution is -0.122. The molecule has 1 N–H and O–H groups in total. The van der Waals surface area contributed by atoms with Crippen LogP contribution in [0.3, 0.4) is 0 Å². The van der Waals surface area contributed by atoms with E-state index in [1.165, 1.54) is 5.56 Å². The van der Waals surface area contributed by atoms with Crippen LogP contribution in [0, 0.1) is 13.8 Å². The fourth-order valence-corrected chi connectivity index (χ4v) is 4.65. The van der Waals surface area contributed by atoms with E-state index in [1.54, 1.807) is 19.1 Å². The molecule has 0 aromatic heterocycles. The molecule has 1 unspecified atom stereocenters. The standard InChI is InChI=1S/C25H32N2O3S/c1-16(2)22-8-7-21(15-17(22)3)30-19(5)24(28)26-23-9-6-20(14-18(23)4)25(29)27-10-12-31-13-11-27/h6-9,14-16,19H,10-13H2,1-5H3,(H,26,28). The number of benzene rings is 2. The second-order valence-corrected chi connectivity index (χ2v) is 9.58. The summed E-state index contributed by atoms with van der Waals surface area (Å²) < 4.78 is 5.87. The first-order chi connectivity index (χ1) is 14.8. The first-order valence-electron chi connectivity index (χ1n) is 10.8. The highest BCUT2D eigenvalue weighted by Crippen LogP contribution is 2.25. The molecule has 166 valence electrons. The fraction of sp³-hybridized carbons (Fsp3) is 0.440. The Morgan fingerprint density at radius 2 is 1.71 bits per heavy atom. The summed E-state index contributed by atoms with van der Waals surface area (Å²) in [6.07, 6.45) is -0.643. The molecule has 1 saturated heterocycles. The van der Waals surface area contributed by atoms with Crippen molar-refractivity contribution in [3.63, 3.8) is 0 Å². The Bertz CT molecular complexity index is 952. The molecular weight excluding hydrogens is 408 g/mol. The summed E-state index contributed by atoms with van der Waals surface area (Å²) in [5.74, 6) is 2.93. The maximum Gasteiger partial charge on any atom is 0.265 e. The number of rotatable bonds is 6. The number of carbonyl (C=O) groups is 2. The zero-order valence-electron chi connectivity index (χ0n) is 19.0. The predicted octanol–water partition coefficient (Wildman–Crippen LogP) is 5.02. The van der Waals surface area contributed by atoms with Crippen molar-refractivity contribution in [1.29, 1.82) is 0 Å². The Morgan fingerprint density at radius 3 is 2.32 bits per heavy atom. The van der Waals surface area contributed by atoms with Crippen molar-refractivity contribution < 1.29 is 14.3 Å². The minimum atomic E-state index is -0.643. The van der Waals surface area contributed by atoms with Crippen LogP contribution in [0.15, 0.2) is 36.4 Å². The summed E-state index contributed by atoms with van der Waals surface area (Å²) in [5.41, 5.74) is 4.64. The summed E-state index contributed by atoms with van der Waals surface area (Å²) >= 11 is 1.88. The molecule has 1 aliphatic rings. The van der Waals surface area contributed by atoms with Crippen molar-refractivity contribution >= 4 is 29.3 Å². The number of hydrogen-bond acceptors (Lipinski definition) is 4. The monoisotopic (exact) mass is 440 g/mol. The van der Waals surface area contributed by atoms with Gasteiger partial charge in [-0.2, -0.15) is 11.8 Å². The van der Waals surface area contributed by atoms with Crippen LogP contribution in [0.25, 0.3) is 0 Å². The molecule has 0 spiro atoms. The van der Waals surface area contributed by atoms with Gasteiger partial charge in [0.25, 0.3) is 11.8 Å². The Balaban J connectivity index is 1.63. The van der Waals surface area contributed by atoms with Gasteiger partial charge in [0.15, 0.2) is 6.10 Å². The third-order valence-electron chi connectivity index (χ3n) is 5.57. The maximum absolute atomic E-state index is 12.7. The zero-order chi connectivity index (χ0) is 22.5. The van der Waals surface area contributed by atoms with Crippen molar-refractivity contribution in [2.75, 3.05) is 29.9 Å². The smallest absolute Gasteiger partial charge is 0.265 e. The van der Waals surface area contributed by atoms with Crippen molar-refractivity contribution in [3.8, 4) is 5.75 Å². The van der Waals surface area contributed by atoms with Gasteiger partial charge in [-0.15, -0.1) is 0 Å². The normalized spacial score (nSPS) is 15.0. The highest BCUT2D eigenvalue weighted by atomic mass is 32.2. The molecule has 3 rings (SSSR count). The first kappa shape index (κ1) is 23.2. The SMILES string of the molecule is Cc1cc(C(=O)N2CCSCC2)ccc1NC(=O)C(C)Oc1ccc(C(C)C)c(C)c1. The summed E-state index contributed by atoms with van der Waals surface area (Å²) in [4.78, 5) is 27.3. The minimum absolute atomic E-state index is 0.0539. The Labute approximate surface area is 189 Å². The number of thioether (sulfide) groups is 1. The molecular formula is C25H32N2O3S. The second-order valence-electron chi connectivity index (χ2n) is 8.36. The quantitative estimate of drug-likeness (QED) is 0.685. The van der Waals surface area contributed by atoms with Crippen LogP contribution in [0.2, 0.25) is 0 Å². The third kappa shape index (κ3) is 5.82. The third-order valence-corrected chi connectivity index (χ3v) is 6.52. The number of hydrogen-bond donors (Lipinski definition) is 1. The lowest BCUT2D eigenvalue weighted by atomic mass is 9.98. The van der Waals surface area contributed by atoms with Crippen LogP contribution in [0.5, 0.6) is 5.75 Å². The lowest BCUT2D eigenvalue weighted by Crippen LogP contribution is -2.37. The number of carbonyl (C=O) groups excluding carboxylic acids is 2. The maximum atomic E-state index is 12.7. The van der Waals surface area contributed by atoms with E-state index in [0.29, 0.717) is 22.9 Å². The molecule has 1 heterocycles. The van der Waals surface area contributed by atoms with E-state index >= 15 is 0 Å². The van der Waals surface area contributed by atoms with Gasteiger partial charge >= 0.3 is 0 Å². The molecule has 1 aliphatic heterocycles. The van der Waals surface area contributed by atoms with Gasteiger partial charge in [-0.3, -0.25) is 9.59 Å². The van der Waals surface area contributed by atoms with Gasteiger partial charge < -0.3 is 15.0 Å². The van der Waals surface area contributed by atoms with E-state index in [2.05, 4.69) is 32.2 Å². The van der Waals surface area contributed by atoms with E-state index in [4.69, 9.17) is 4.74 Å². The van der Waals surface area contributed by atoms with Gasteiger partial charge in [0.1, 0.15) is 5.75 Å². The van der Waals surface area contributed by atoms with E-state index in [9.17, 15) is 9.59 Å². The largest absolute Gasteiger partial charge is 0.481 e. The number of ether oxygens (including phenoxy) is 1. The first-order valence-corrected chi connectivity index (χ1v) is 12.0. The molecule has 5 nitrogen and oxygen atoms in total. The topological polar surface area (TPSA) is 58.6 Å². The van der Waals surface area contributed by atoms with E-state index in [-0.39, 0.29) is 11.8 Å². The number of nitrogens with one attached hydrogen (secondary N) is 1. The molecule has 1 atom stereocenters. The minimum Gasteiger partial charge on any atom is -0.481 e. The van der Waals surface area contributed by atoms with Crippen molar-refractivity contribution in [3.05, 3.63) is 58.7 Å². The summed E-state index contributed by atoms with van der Waals surface area (Å²) in [6, 6.07) is 11.4. The molecule has 0 aliphatic carbocycles. The Hall–Kier alpha value is -2.47. The van der Waals surface area contributed by atoms with Gasteiger partial charge in [0, 0.05) is 35.8 Å². The van der Waals surface area contributed by atoms with E-state index < -0.39 is 6.10 Å². The molecule has 0 saturated carbocycles. The average molecular weight is 441 g/mol. The molecule has 6 heteroatoms. The zero-order valence-corrected chi connectivity index (χ0v) is 19.8. The highest BCUT2D eigenvalue weighted by Gasteiger charge is 2.20. The molecule has 31 heavy (non-hydrogen) atoms. The van der Waals surface area contributed by atoms with Crippen molar-refractivity contribution in [2.45, 2.75) is 46.6 Å². The van der Waals surface area contributed by atoms with Crippen molar-refractivity contribution in [1.82, 2.24) is 4.90 Å². The number of aryl methyl sites for hydroxylation is 2. The summed E-state index contributed by atoms with van der Waals surface area (Å²) in [6.45, 7) is 11.6. The Morgan fingerprint density at radius 1 is 1.00 bits per heavy atom. The van der Waals surface area contributed by atoms with Crippen LogP contribution in [0.1, 0.15) is 53.7 Å². The van der Waals surface area contributed by atoms with Gasteiger partial charge in [-0.05, 0) is 73.7 Å². The van der Waals surface area contributed by atoms with Crippen LogP contribution in [-0.4, -0.2) is 47.4 Å². The molecule has 1 fully saturated rings.